The maximum atomic E-state index is 13.8. The molecule has 0 saturated heterocycles. The van der Waals surface area contributed by atoms with Gasteiger partial charge in [-0.25, -0.2) is 0 Å². The van der Waals surface area contributed by atoms with Crippen molar-refractivity contribution < 1.29 is 18.0 Å². The Balaban J connectivity index is 1.87. The summed E-state index contributed by atoms with van der Waals surface area (Å²) in [6.45, 7) is 1.79. The maximum absolute atomic E-state index is 13.8. The number of nitrogens with zero attached hydrogens (tertiary/aromatic N) is 1. The highest BCUT2D eigenvalue weighted by molar-refractivity contribution is 5.83. The van der Waals surface area contributed by atoms with Gasteiger partial charge in [0.25, 0.3) is 0 Å². The minimum atomic E-state index is -4.59. The standard InChI is InChI=1S/C22H22F3N3O/c1-15-7-9-17(10-8-15)19(22(23,24)25)27-18(13-16-5-3-2-4-6-16)20(29)28-21(14-26)11-12-21/h2-10,18-19,27H,11-13H2,1H3,(H,28,29)/t18-,19-/m1/s1. The lowest BCUT2D eigenvalue weighted by molar-refractivity contribution is -0.161. The molecule has 1 aliphatic carbocycles. The van der Waals surface area contributed by atoms with E-state index in [0.29, 0.717) is 12.8 Å². The van der Waals surface area contributed by atoms with Crippen LogP contribution in [0.15, 0.2) is 54.6 Å². The topological polar surface area (TPSA) is 64.9 Å². The van der Waals surface area contributed by atoms with Gasteiger partial charge in [-0.15, -0.1) is 0 Å². The Hall–Kier alpha value is -2.85. The SMILES string of the molecule is Cc1ccc([C@@H](N[C@H](Cc2ccccc2)C(=O)NC2(C#N)CC2)C(F)(F)F)cc1. The molecular weight excluding hydrogens is 379 g/mol. The highest BCUT2D eigenvalue weighted by Gasteiger charge is 2.47. The number of carbonyl (C=O) groups is 1. The molecule has 2 N–H and O–H groups in total. The fraction of sp³-hybridized carbons (Fsp3) is 0.364. The normalized spacial score (nSPS) is 17.1. The Labute approximate surface area is 167 Å². The average molecular weight is 401 g/mol. The molecule has 2 aromatic rings. The summed E-state index contributed by atoms with van der Waals surface area (Å²) in [4.78, 5) is 12.8. The molecule has 0 heterocycles. The lowest BCUT2D eigenvalue weighted by Crippen LogP contribution is -2.52. The second-order valence-corrected chi connectivity index (χ2v) is 7.48. The number of hydrogen-bond donors (Lipinski definition) is 2. The van der Waals surface area contributed by atoms with Gasteiger partial charge in [0, 0.05) is 0 Å². The fourth-order valence-corrected chi connectivity index (χ4v) is 3.13. The first-order chi connectivity index (χ1) is 13.7. The Kier molecular flexibility index (Phi) is 5.94. The number of alkyl halides is 3. The van der Waals surface area contributed by atoms with Crippen molar-refractivity contribution in [3.05, 3.63) is 71.3 Å². The van der Waals surface area contributed by atoms with Gasteiger partial charge in [0.15, 0.2) is 0 Å². The van der Waals surface area contributed by atoms with E-state index in [4.69, 9.17) is 0 Å². The quantitative estimate of drug-likeness (QED) is 0.738. The molecule has 0 aromatic heterocycles. The Bertz CT molecular complexity index is 884. The molecule has 0 radical (unpaired) electrons. The van der Waals surface area contributed by atoms with Gasteiger partial charge >= 0.3 is 6.18 Å². The third kappa shape index (κ3) is 5.36. The highest BCUT2D eigenvalue weighted by atomic mass is 19.4. The zero-order chi connectivity index (χ0) is 21.1. The predicted octanol–water partition coefficient (Wildman–Crippen LogP) is 3.97. The molecule has 1 fully saturated rings. The molecule has 1 aliphatic rings. The van der Waals surface area contributed by atoms with Gasteiger partial charge in [-0.3, -0.25) is 10.1 Å². The number of rotatable bonds is 7. The largest absolute Gasteiger partial charge is 0.407 e. The third-order valence-corrected chi connectivity index (χ3v) is 5.03. The van der Waals surface area contributed by atoms with Crippen LogP contribution in [0.5, 0.6) is 0 Å². The van der Waals surface area contributed by atoms with Crippen molar-refractivity contribution in [3.63, 3.8) is 0 Å². The van der Waals surface area contributed by atoms with Crippen LogP contribution in [0.25, 0.3) is 0 Å². The summed E-state index contributed by atoms with van der Waals surface area (Å²) in [7, 11) is 0. The number of nitriles is 1. The molecule has 0 bridgehead atoms. The lowest BCUT2D eigenvalue weighted by atomic mass is 10.00. The van der Waals surface area contributed by atoms with E-state index in [1.807, 2.05) is 6.07 Å². The van der Waals surface area contributed by atoms with Gasteiger partial charge in [0.1, 0.15) is 11.6 Å². The summed E-state index contributed by atoms with van der Waals surface area (Å²) in [5.41, 5.74) is 0.658. The van der Waals surface area contributed by atoms with Gasteiger partial charge < -0.3 is 5.32 Å². The van der Waals surface area contributed by atoms with E-state index in [2.05, 4.69) is 10.6 Å². The molecule has 29 heavy (non-hydrogen) atoms. The van der Waals surface area contributed by atoms with Gasteiger partial charge in [0.05, 0.1) is 12.1 Å². The van der Waals surface area contributed by atoms with E-state index in [-0.39, 0.29) is 12.0 Å². The monoisotopic (exact) mass is 401 g/mol. The van der Waals surface area contributed by atoms with Gasteiger partial charge in [-0.1, -0.05) is 60.2 Å². The number of amides is 1. The number of hydrogen-bond acceptors (Lipinski definition) is 3. The Morgan fingerprint density at radius 1 is 1.14 bits per heavy atom. The molecule has 1 saturated carbocycles. The van der Waals surface area contributed by atoms with E-state index in [1.54, 1.807) is 49.4 Å². The van der Waals surface area contributed by atoms with Crippen LogP contribution < -0.4 is 10.6 Å². The predicted molar refractivity (Wildman–Crippen MR) is 103 cm³/mol. The van der Waals surface area contributed by atoms with E-state index >= 15 is 0 Å². The van der Waals surface area contributed by atoms with Crippen LogP contribution >= 0.6 is 0 Å². The average Bonchev–Trinajstić information content (AvgIpc) is 3.46. The molecule has 3 rings (SSSR count). The van der Waals surface area contributed by atoms with E-state index in [1.165, 1.54) is 12.1 Å². The number of carbonyl (C=O) groups excluding carboxylic acids is 1. The van der Waals surface area contributed by atoms with Crippen LogP contribution in [0.3, 0.4) is 0 Å². The summed E-state index contributed by atoms with van der Waals surface area (Å²) in [5.74, 6) is -0.603. The molecule has 4 nitrogen and oxygen atoms in total. The molecule has 0 unspecified atom stereocenters. The molecule has 2 aromatic carbocycles. The summed E-state index contributed by atoms with van der Waals surface area (Å²) in [5, 5.41) is 14.4. The molecule has 7 heteroatoms. The minimum Gasteiger partial charge on any atom is -0.336 e. The van der Waals surface area contributed by atoms with Crippen molar-refractivity contribution in [2.45, 2.75) is 50.0 Å². The van der Waals surface area contributed by atoms with Crippen molar-refractivity contribution in [1.29, 1.82) is 5.26 Å². The first kappa shape index (κ1) is 20.9. The molecular formula is C22H22F3N3O. The first-order valence-corrected chi connectivity index (χ1v) is 9.39. The Morgan fingerprint density at radius 3 is 2.28 bits per heavy atom. The summed E-state index contributed by atoms with van der Waals surface area (Å²) in [6, 6.07) is 13.8. The summed E-state index contributed by atoms with van der Waals surface area (Å²) in [6.07, 6.45) is -3.49. The number of halogens is 3. The summed E-state index contributed by atoms with van der Waals surface area (Å²) < 4.78 is 41.5. The number of benzene rings is 2. The van der Waals surface area contributed by atoms with Crippen molar-refractivity contribution in [2.75, 3.05) is 0 Å². The highest BCUT2D eigenvalue weighted by Crippen LogP contribution is 2.36. The van der Waals surface area contributed by atoms with E-state index < -0.39 is 29.7 Å². The summed E-state index contributed by atoms with van der Waals surface area (Å²) >= 11 is 0. The molecule has 0 aliphatic heterocycles. The lowest BCUT2D eigenvalue weighted by Gasteiger charge is -2.28. The zero-order valence-electron chi connectivity index (χ0n) is 16.0. The zero-order valence-corrected chi connectivity index (χ0v) is 16.0. The fourth-order valence-electron chi connectivity index (χ4n) is 3.13. The molecule has 2 atom stereocenters. The second kappa shape index (κ2) is 8.26. The number of aryl methyl sites for hydroxylation is 1. The van der Waals surface area contributed by atoms with Gasteiger partial charge in [-0.2, -0.15) is 18.4 Å². The second-order valence-electron chi connectivity index (χ2n) is 7.48. The van der Waals surface area contributed by atoms with Crippen LogP contribution in [0.2, 0.25) is 0 Å². The third-order valence-electron chi connectivity index (χ3n) is 5.03. The van der Waals surface area contributed by atoms with Crippen molar-refractivity contribution in [1.82, 2.24) is 10.6 Å². The van der Waals surface area contributed by atoms with Crippen molar-refractivity contribution in [2.24, 2.45) is 0 Å². The van der Waals surface area contributed by atoms with E-state index in [9.17, 15) is 23.2 Å². The van der Waals surface area contributed by atoms with Gasteiger partial charge in [0.2, 0.25) is 5.91 Å². The van der Waals surface area contributed by atoms with Crippen LogP contribution in [0, 0.1) is 18.3 Å². The first-order valence-electron chi connectivity index (χ1n) is 9.39. The molecule has 0 spiro atoms. The van der Waals surface area contributed by atoms with Crippen molar-refractivity contribution >= 4 is 5.91 Å². The molecule has 1 amide bonds. The van der Waals surface area contributed by atoms with E-state index in [0.717, 1.165) is 11.1 Å². The number of nitrogens with one attached hydrogen (secondary N) is 2. The van der Waals surface area contributed by atoms with Crippen LogP contribution in [0.4, 0.5) is 13.2 Å². The smallest absolute Gasteiger partial charge is 0.336 e. The minimum absolute atomic E-state index is 0.0374. The maximum Gasteiger partial charge on any atom is 0.407 e. The van der Waals surface area contributed by atoms with Crippen LogP contribution in [-0.4, -0.2) is 23.7 Å². The van der Waals surface area contributed by atoms with Crippen molar-refractivity contribution in [3.8, 4) is 6.07 Å². The molecule has 152 valence electrons. The van der Waals surface area contributed by atoms with Crippen LogP contribution in [0.1, 0.15) is 35.6 Å². The Morgan fingerprint density at radius 2 is 1.76 bits per heavy atom. The van der Waals surface area contributed by atoms with Gasteiger partial charge in [-0.05, 0) is 37.3 Å². The van der Waals surface area contributed by atoms with Crippen LogP contribution in [-0.2, 0) is 11.2 Å².